The molecule has 76 valence electrons. The number of allylic oxidation sites excluding steroid dienone is 2. The maximum Gasteiger partial charge on any atom is 0.225 e. The number of hydrogen-bond acceptors (Lipinski definition) is 2. The SMILES string of the molecule is [CH2+]C(C)(O)C(O)CC/C(C)=C/CC. The van der Waals surface area contributed by atoms with Gasteiger partial charge in [0.05, 0.1) is 6.92 Å². The number of rotatable bonds is 5. The lowest BCUT2D eigenvalue weighted by molar-refractivity contribution is -0.0318. The van der Waals surface area contributed by atoms with Gasteiger partial charge in [-0.3, -0.25) is 0 Å². The summed E-state index contributed by atoms with van der Waals surface area (Å²) in [5.74, 6) is 0. The zero-order valence-electron chi connectivity index (χ0n) is 8.88. The van der Waals surface area contributed by atoms with Crippen LogP contribution in [0.15, 0.2) is 11.6 Å². The second-order valence-corrected chi connectivity index (χ2v) is 3.87. The summed E-state index contributed by atoms with van der Waals surface area (Å²) in [4.78, 5) is 0. The van der Waals surface area contributed by atoms with Gasteiger partial charge in [-0.1, -0.05) is 18.6 Å². The zero-order valence-corrected chi connectivity index (χ0v) is 8.88. The van der Waals surface area contributed by atoms with Gasteiger partial charge < -0.3 is 10.2 Å². The van der Waals surface area contributed by atoms with Gasteiger partial charge in [0, 0.05) is 6.92 Å². The molecule has 0 fully saturated rings. The molecule has 0 aromatic carbocycles. The molecule has 2 heteroatoms. The van der Waals surface area contributed by atoms with Crippen molar-refractivity contribution in [3.8, 4) is 0 Å². The number of hydrogen-bond donors (Lipinski definition) is 2. The number of aliphatic hydroxyl groups is 2. The minimum Gasteiger partial charge on any atom is -0.385 e. The Morgan fingerprint density at radius 3 is 2.54 bits per heavy atom. The Kier molecular flexibility index (Phi) is 5.11. The molecule has 0 bridgehead atoms. The van der Waals surface area contributed by atoms with E-state index in [9.17, 15) is 10.2 Å². The van der Waals surface area contributed by atoms with E-state index in [1.807, 2.05) is 6.92 Å². The first kappa shape index (κ1) is 12.5. The van der Waals surface area contributed by atoms with Crippen LogP contribution >= 0.6 is 0 Å². The van der Waals surface area contributed by atoms with Crippen molar-refractivity contribution >= 4 is 0 Å². The van der Waals surface area contributed by atoms with Crippen molar-refractivity contribution in [2.24, 2.45) is 0 Å². The molecular weight excluding hydrogens is 164 g/mol. The van der Waals surface area contributed by atoms with E-state index in [0.717, 1.165) is 12.8 Å². The topological polar surface area (TPSA) is 40.5 Å². The van der Waals surface area contributed by atoms with E-state index in [1.165, 1.54) is 12.5 Å². The van der Waals surface area contributed by atoms with Crippen LogP contribution in [0.5, 0.6) is 0 Å². The van der Waals surface area contributed by atoms with Gasteiger partial charge in [-0.15, -0.1) is 0 Å². The van der Waals surface area contributed by atoms with Crippen LogP contribution < -0.4 is 0 Å². The van der Waals surface area contributed by atoms with Crippen LogP contribution in [-0.2, 0) is 0 Å². The average molecular weight is 185 g/mol. The standard InChI is InChI=1S/C11H21O2/c1-5-6-9(2)7-8-10(12)11(3,4)13/h6,10,12-13H,3,5,7-8H2,1-2,4H3/q+1/b9-6+. The third-order valence-corrected chi connectivity index (χ3v) is 2.08. The second-order valence-electron chi connectivity index (χ2n) is 3.87. The fraction of sp³-hybridized carbons (Fsp3) is 0.727. The third-order valence-electron chi connectivity index (χ3n) is 2.08. The molecule has 0 rings (SSSR count). The third kappa shape index (κ3) is 5.72. The van der Waals surface area contributed by atoms with Crippen LogP contribution in [-0.4, -0.2) is 21.9 Å². The summed E-state index contributed by atoms with van der Waals surface area (Å²) in [6.45, 7) is 9.12. The molecule has 0 aromatic rings. The predicted octanol–water partition coefficient (Wildman–Crippen LogP) is 2.07. The van der Waals surface area contributed by atoms with Crippen LogP contribution in [0, 0.1) is 6.92 Å². The Morgan fingerprint density at radius 2 is 2.15 bits per heavy atom. The van der Waals surface area contributed by atoms with Crippen molar-refractivity contribution in [3.63, 3.8) is 0 Å². The summed E-state index contributed by atoms with van der Waals surface area (Å²) < 4.78 is 0. The molecule has 0 spiro atoms. The second kappa shape index (κ2) is 5.30. The van der Waals surface area contributed by atoms with Crippen molar-refractivity contribution in [2.75, 3.05) is 0 Å². The lowest BCUT2D eigenvalue weighted by Gasteiger charge is -2.18. The highest BCUT2D eigenvalue weighted by Crippen LogP contribution is 2.16. The van der Waals surface area contributed by atoms with E-state index in [4.69, 9.17) is 0 Å². The molecule has 2 atom stereocenters. The lowest BCUT2D eigenvalue weighted by atomic mass is 9.96. The van der Waals surface area contributed by atoms with Crippen LogP contribution in [0.25, 0.3) is 0 Å². The van der Waals surface area contributed by atoms with Crippen LogP contribution in [0.4, 0.5) is 0 Å². The van der Waals surface area contributed by atoms with E-state index in [2.05, 4.69) is 19.9 Å². The van der Waals surface area contributed by atoms with Crippen molar-refractivity contribution in [1.82, 2.24) is 0 Å². The van der Waals surface area contributed by atoms with E-state index in [-0.39, 0.29) is 0 Å². The first-order valence-corrected chi connectivity index (χ1v) is 4.79. The Balaban J connectivity index is 3.83. The molecule has 2 nitrogen and oxygen atoms in total. The van der Waals surface area contributed by atoms with Gasteiger partial charge >= 0.3 is 0 Å². The monoisotopic (exact) mass is 185 g/mol. The van der Waals surface area contributed by atoms with E-state index in [1.54, 1.807) is 0 Å². The smallest absolute Gasteiger partial charge is 0.225 e. The Bertz CT molecular complexity index is 165. The summed E-state index contributed by atoms with van der Waals surface area (Å²) >= 11 is 0. The Hall–Kier alpha value is -0.470. The van der Waals surface area contributed by atoms with Gasteiger partial charge in [-0.05, 0) is 26.2 Å². The molecule has 0 heterocycles. The minimum atomic E-state index is -1.23. The Morgan fingerprint density at radius 1 is 1.62 bits per heavy atom. The summed E-state index contributed by atoms with van der Waals surface area (Å²) in [6, 6.07) is 0. The first-order valence-electron chi connectivity index (χ1n) is 4.79. The summed E-state index contributed by atoms with van der Waals surface area (Å²) in [5.41, 5.74) is 0.0257. The van der Waals surface area contributed by atoms with Crippen LogP contribution in [0.3, 0.4) is 0 Å². The molecule has 0 aromatic heterocycles. The molecule has 0 saturated heterocycles. The van der Waals surface area contributed by atoms with Gasteiger partial charge in [-0.2, -0.15) is 0 Å². The maximum atomic E-state index is 9.46. The summed E-state index contributed by atoms with van der Waals surface area (Å²) in [6.07, 6.45) is 3.79. The molecule has 0 aliphatic heterocycles. The molecule has 0 radical (unpaired) electrons. The maximum absolute atomic E-state index is 9.46. The number of aliphatic hydroxyl groups excluding tert-OH is 1. The fourth-order valence-electron chi connectivity index (χ4n) is 1.13. The molecule has 0 aliphatic carbocycles. The highest BCUT2D eigenvalue weighted by Gasteiger charge is 2.31. The van der Waals surface area contributed by atoms with Crippen molar-refractivity contribution in [1.29, 1.82) is 0 Å². The summed E-state index contributed by atoms with van der Waals surface area (Å²) in [5, 5.41) is 18.8. The van der Waals surface area contributed by atoms with Crippen LogP contribution in [0.1, 0.15) is 40.0 Å². The molecule has 0 amide bonds. The quantitative estimate of drug-likeness (QED) is 0.508. The molecule has 0 saturated carbocycles. The lowest BCUT2D eigenvalue weighted by Crippen LogP contribution is -2.36. The zero-order chi connectivity index (χ0) is 10.5. The normalized spacial score (nSPS) is 19.6. The predicted molar refractivity (Wildman–Crippen MR) is 55.3 cm³/mol. The summed E-state index contributed by atoms with van der Waals surface area (Å²) in [7, 11) is 0. The van der Waals surface area contributed by atoms with Crippen molar-refractivity contribution in [3.05, 3.63) is 18.6 Å². The highest BCUT2D eigenvalue weighted by atomic mass is 16.3. The van der Waals surface area contributed by atoms with Crippen LogP contribution in [0.2, 0.25) is 0 Å². The molecule has 0 aliphatic rings. The average Bonchev–Trinajstić information content (AvgIpc) is 1.99. The van der Waals surface area contributed by atoms with Gasteiger partial charge in [0.2, 0.25) is 5.60 Å². The van der Waals surface area contributed by atoms with E-state index < -0.39 is 11.7 Å². The Labute approximate surface area is 81.3 Å². The molecule has 2 unspecified atom stereocenters. The molecule has 2 N–H and O–H groups in total. The van der Waals surface area contributed by atoms with E-state index in [0.29, 0.717) is 6.42 Å². The minimum absolute atomic E-state index is 0.568. The van der Waals surface area contributed by atoms with Gasteiger partial charge in [0.25, 0.3) is 0 Å². The van der Waals surface area contributed by atoms with Crippen molar-refractivity contribution in [2.45, 2.75) is 51.7 Å². The van der Waals surface area contributed by atoms with Gasteiger partial charge in [-0.25, -0.2) is 0 Å². The first-order chi connectivity index (χ1) is 5.88. The molecular formula is C11H21O2+. The van der Waals surface area contributed by atoms with Gasteiger partial charge in [0.15, 0.2) is 0 Å². The molecule has 13 heavy (non-hydrogen) atoms. The fourth-order valence-corrected chi connectivity index (χ4v) is 1.13. The van der Waals surface area contributed by atoms with Crippen molar-refractivity contribution < 1.29 is 10.2 Å². The highest BCUT2D eigenvalue weighted by molar-refractivity contribution is 4.98. The van der Waals surface area contributed by atoms with E-state index >= 15 is 0 Å². The largest absolute Gasteiger partial charge is 0.385 e. The van der Waals surface area contributed by atoms with Gasteiger partial charge in [0.1, 0.15) is 6.10 Å².